The minimum Gasteiger partial charge on any atom is -0.486 e. The number of hydrogen-bond donors (Lipinski definition) is 0. The standard InChI is InChI=1S/C29H27N3O/c1-3-7-22(8-4-2)25-11-6-14-29(17-25)18-27(32-20-31)26-16-24(12-13-28(26)33-29)23-10-5-9-21(15-23)19-30/h3-5,7-10,12-13,15-16,25H,1,6,11,14,17-18H2,2H3/b8-4-,22-7+,32-27?. The summed E-state index contributed by atoms with van der Waals surface area (Å²) in [4.78, 5) is 4.23. The summed E-state index contributed by atoms with van der Waals surface area (Å²) in [5, 5.41) is 18.7. The van der Waals surface area contributed by atoms with Gasteiger partial charge in [-0.05, 0) is 79.5 Å². The molecule has 2 aliphatic rings. The summed E-state index contributed by atoms with van der Waals surface area (Å²) in [6.45, 7) is 5.91. The number of fused-ring (bicyclic) bond motifs is 1. The van der Waals surface area contributed by atoms with Crippen LogP contribution in [0.25, 0.3) is 11.1 Å². The third-order valence-corrected chi connectivity index (χ3v) is 6.56. The highest BCUT2D eigenvalue weighted by atomic mass is 16.5. The molecule has 1 aliphatic heterocycles. The summed E-state index contributed by atoms with van der Waals surface area (Å²) in [5.74, 6) is 1.15. The zero-order valence-corrected chi connectivity index (χ0v) is 18.9. The van der Waals surface area contributed by atoms with Gasteiger partial charge in [-0.15, -0.1) is 0 Å². The smallest absolute Gasteiger partial charge is 0.205 e. The highest BCUT2D eigenvalue weighted by molar-refractivity contribution is 6.05. The molecule has 1 spiro atoms. The molecule has 2 unspecified atom stereocenters. The Hall–Kier alpha value is -3.89. The summed E-state index contributed by atoms with van der Waals surface area (Å²) in [5.41, 5.74) is 5.09. The van der Waals surface area contributed by atoms with Crippen molar-refractivity contribution in [3.05, 3.63) is 90.0 Å². The summed E-state index contributed by atoms with van der Waals surface area (Å²) in [6.07, 6.45) is 14.8. The number of aliphatic imine (C=N–C) groups is 1. The molecular weight excluding hydrogens is 406 g/mol. The Morgan fingerprint density at radius 2 is 2.06 bits per heavy atom. The Balaban J connectivity index is 1.70. The molecule has 1 fully saturated rings. The maximum Gasteiger partial charge on any atom is 0.205 e. The fraction of sp³-hybridized carbons (Fsp3) is 0.276. The number of benzene rings is 2. The van der Waals surface area contributed by atoms with Crippen LogP contribution in [0, 0.1) is 28.7 Å². The lowest BCUT2D eigenvalue weighted by Gasteiger charge is -2.44. The third kappa shape index (κ3) is 4.66. The lowest BCUT2D eigenvalue weighted by molar-refractivity contribution is 0.0175. The van der Waals surface area contributed by atoms with Crippen molar-refractivity contribution in [3.8, 4) is 29.1 Å². The van der Waals surface area contributed by atoms with Gasteiger partial charge in [0.05, 0.1) is 17.3 Å². The molecule has 2 aromatic rings. The van der Waals surface area contributed by atoms with E-state index in [0.717, 1.165) is 53.8 Å². The maximum atomic E-state index is 9.42. The predicted octanol–water partition coefficient (Wildman–Crippen LogP) is 6.90. The van der Waals surface area contributed by atoms with Crippen LogP contribution in [-0.2, 0) is 0 Å². The molecule has 4 nitrogen and oxygen atoms in total. The van der Waals surface area contributed by atoms with Crippen LogP contribution in [-0.4, -0.2) is 11.3 Å². The van der Waals surface area contributed by atoms with E-state index < -0.39 is 0 Å². The Kier molecular flexibility index (Phi) is 6.57. The fourth-order valence-corrected chi connectivity index (χ4v) is 5.14. The molecule has 164 valence electrons. The highest BCUT2D eigenvalue weighted by Gasteiger charge is 2.43. The van der Waals surface area contributed by atoms with Crippen LogP contribution in [0.2, 0.25) is 0 Å². The van der Waals surface area contributed by atoms with E-state index in [4.69, 9.17) is 4.74 Å². The summed E-state index contributed by atoms with van der Waals surface area (Å²) < 4.78 is 6.69. The van der Waals surface area contributed by atoms with Gasteiger partial charge in [-0.2, -0.15) is 15.5 Å². The van der Waals surface area contributed by atoms with Gasteiger partial charge in [0.1, 0.15) is 11.4 Å². The van der Waals surface area contributed by atoms with E-state index in [1.165, 1.54) is 5.57 Å². The number of allylic oxidation sites excluding steroid dienone is 5. The van der Waals surface area contributed by atoms with Crippen LogP contribution in [0.5, 0.6) is 5.75 Å². The molecule has 0 saturated heterocycles. The number of nitriles is 2. The lowest BCUT2D eigenvalue weighted by Crippen LogP contribution is -2.46. The molecular formula is C29H27N3O. The van der Waals surface area contributed by atoms with Crippen LogP contribution in [0.1, 0.15) is 50.2 Å². The van der Waals surface area contributed by atoms with Gasteiger partial charge in [-0.1, -0.05) is 49.1 Å². The van der Waals surface area contributed by atoms with Gasteiger partial charge >= 0.3 is 0 Å². The van der Waals surface area contributed by atoms with E-state index in [0.29, 0.717) is 17.9 Å². The van der Waals surface area contributed by atoms with Gasteiger partial charge in [0.2, 0.25) is 6.19 Å². The molecule has 0 aromatic heterocycles. The second-order valence-electron chi connectivity index (χ2n) is 8.72. The topological polar surface area (TPSA) is 69.2 Å². The Bertz CT molecular complexity index is 1240. The van der Waals surface area contributed by atoms with Gasteiger partial charge in [0, 0.05) is 12.0 Å². The normalized spacial score (nSPS) is 23.5. The van der Waals surface area contributed by atoms with Gasteiger partial charge < -0.3 is 4.74 Å². The first-order valence-electron chi connectivity index (χ1n) is 11.4. The molecule has 4 rings (SSSR count). The summed E-state index contributed by atoms with van der Waals surface area (Å²) in [6, 6.07) is 15.7. The van der Waals surface area contributed by atoms with Crippen molar-refractivity contribution in [1.29, 1.82) is 10.5 Å². The second-order valence-corrected chi connectivity index (χ2v) is 8.72. The zero-order valence-electron chi connectivity index (χ0n) is 18.9. The molecule has 1 saturated carbocycles. The van der Waals surface area contributed by atoms with Gasteiger partial charge in [-0.3, -0.25) is 0 Å². The van der Waals surface area contributed by atoms with E-state index in [9.17, 15) is 10.5 Å². The molecule has 0 N–H and O–H groups in total. The molecule has 0 radical (unpaired) electrons. The molecule has 1 heterocycles. The molecule has 2 aromatic carbocycles. The minimum absolute atomic E-state index is 0.365. The number of hydrogen-bond acceptors (Lipinski definition) is 4. The van der Waals surface area contributed by atoms with Crippen LogP contribution in [0.3, 0.4) is 0 Å². The highest BCUT2D eigenvalue weighted by Crippen LogP contribution is 2.46. The van der Waals surface area contributed by atoms with E-state index in [-0.39, 0.29) is 5.60 Å². The lowest BCUT2D eigenvalue weighted by atomic mass is 9.71. The zero-order chi connectivity index (χ0) is 23.3. The van der Waals surface area contributed by atoms with Gasteiger partial charge in [0.25, 0.3) is 0 Å². The van der Waals surface area contributed by atoms with Crippen LogP contribution >= 0.6 is 0 Å². The van der Waals surface area contributed by atoms with Crippen LogP contribution in [0.15, 0.2) is 83.9 Å². The number of rotatable bonds is 4. The van der Waals surface area contributed by atoms with Crippen LogP contribution < -0.4 is 4.74 Å². The molecule has 0 amide bonds. The van der Waals surface area contributed by atoms with Gasteiger partial charge in [0.15, 0.2) is 0 Å². The predicted molar refractivity (Wildman–Crippen MR) is 132 cm³/mol. The van der Waals surface area contributed by atoms with Crippen molar-refractivity contribution in [2.45, 2.75) is 44.6 Å². The fourth-order valence-electron chi connectivity index (χ4n) is 5.14. The van der Waals surface area contributed by atoms with Crippen molar-refractivity contribution >= 4 is 5.71 Å². The first kappa shape index (κ1) is 22.3. The average Bonchev–Trinajstić information content (AvgIpc) is 2.84. The van der Waals surface area contributed by atoms with E-state index >= 15 is 0 Å². The average molecular weight is 434 g/mol. The van der Waals surface area contributed by atoms with Crippen molar-refractivity contribution in [2.75, 3.05) is 0 Å². The van der Waals surface area contributed by atoms with Crippen LogP contribution in [0.4, 0.5) is 0 Å². The Morgan fingerprint density at radius 1 is 1.21 bits per heavy atom. The van der Waals surface area contributed by atoms with E-state index in [1.807, 2.05) is 55.6 Å². The van der Waals surface area contributed by atoms with Crippen molar-refractivity contribution in [3.63, 3.8) is 0 Å². The monoisotopic (exact) mass is 433 g/mol. The quantitative estimate of drug-likeness (QED) is 0.389. The SMILES string of the molecule is C=C/C=C(\C=C/C)C1CCCC2(CC(=NC#N)c3cc(-c4cccc(C#N)c4)ccc3O2)C1. The molecule has 4 heteroatoms. The minimum atomic E-state index is -0.365. The summed E-state index contributed by atoms with van der Waals surface area (Å²) >= 11 is 0. The van der Waals surface area contributed by atoms with E-state index in [1.54, 1.807) is 6.07 Å². The molecule has 0 bridgehead atoms. The molecule has 2 atom stereocenters. The molecule has 33 heavy (non-hydrogen) atoms. The largest absolute Gasteiger partial charge is 0.486 e. The number of ether oxygens (including phenoxy) is 1. The van der Waals surface area contributed by atoms with Crippen molar-refractivity contribution in [2.24, 2.45) is 10.9 Å². The molecule has 1 aliphatic carbocycles. The Labute approximate surface area is 195 Å². The summed E-state index contributed by atoms with van der Waals surface area (Å²) in [7, 11) is 0. The van der Waals surface area contributed by atoms with E-state index in [2.05, 4.69) is 35.9 Å². The number of nitrogens with zero attached hydrogens (tertiary/aromatic N) is 3. The maximum absolute atomic E-state index is 9.42. The Morgan fingerprint density at radius 3 is 2.82 bits per heavy atom. The first-order valence-corrected chi connectivity index (χ1v) is 11.4. The van der Waals surface area contributed by atoms with Crippen molar-refractivity contribution in [1.82, 2.24) is 0 Å². The van der Waals surface area contributed by atoms with Gasteiger partial charge in [-0.25, -0.2) is 0 Å². The first-order chi connectivity index (χ1) is 16.1. The third-order valence-electron chi connectivity index (χ3n) is 6.56. The second kappa shape index (κ2) is 9.72. The van der Waals surface area contributed by atoms with Crippen molar-refractivity contribution < 1.29 is 4.74 Å².